The number of thiazole rings is 1. The van der Waals surface area contributed by atoms with E-state index in [2.05, 4.69) is 44.8 Å². The zero-order valence-corrected chi connectivity index (χ0v) is 16.2. The van der Waals surface area contributed by atoms with Crippen LogP contribution in [0.15, 0.2) is 29.6 Å². The molecule has 6 nitrogen and oxygen atoms in total. The topological polar surface area (TPSA) is 74.3 Å². The lowest BCUT2D eigenvalue weighted by molar-refractivity contribution is -0.135. The molecular weight excluding hydrogens is 360 g/mol. The largest absolute Gasteiger partial charge is 0.353 e. The molecule has 0 radical (unpaired) electrons. The fourth-order valence-electron chi connectivity index (χ4n) is 4.06. The summed E-state index contributed by atoms with van der Waals surface area (Å²) >= 11 is 1.54. The first-order valence-electron chi connectivity index (χ1n) is 9.38. The third-order valence-electron chi connectivity index (χ3n) is 5.35. The summed E-state index contributed by atoms with van der Waals surface area (Å²) in [5.41, 5.74) is 3.68. The molecule has 2 aliphatic rings. The van der Waals surface area contributed by atoms with E-state index < -0.39 is 6.04 Å². The van der Waals surface area contributed by atoms with Crippen LogP contribution in [0.1, 0.15) is 28.2 Å². The van der Waals surface area contributed by atoms with Crippen LogP contribution in [-0.2, 0) is 29.0 Å². The Morgan fingerprint density at radius 2 is 2.07 bits per heavy atom. The second-order valence-electron chi connectivity index (χ2n) is 7.24. The lowest BCUT2D eigenvalue weighted by atomic mass is 10.0. The molecule has 0 spiro atoms. The van der Waals surface area contributed by atoms with Gasteiger partial charge in [-0.3, -0.25) is 14.5 Å². The first-order valence-corrected chi connectivity index (χ1v) is 10.3. The van der Waals surface area contributed by atoms with E-state index in [4.69, 9.17) is 0 Å². The predicted molar refractivity (Wildman–Crippen MR) is 104 cm³/mol. The van der Waals surface area contributed by atoms with Crippen LogP contribution in [0.2, 0.25) is 0 Å². The average Bonchev–Trinajstić information content (AvgIpc) is 3.27. The first-order chi connectivity index (χ1) is 13.1. The molecule has 142 valence electrons. The molecule has 27 heavy (non-hydrogen) atoms. The monoisotopic (exact) mass is 384 g/mol. The van der Waals surface area contributed by atoms with Gasteiger partial charge in [0.2, 0.25) is 11.8 Å². The van der Waals surface area contributed by atoms with Crippen molar-refractivity contribution in [2.24, 2.45) is 0 Å². The van der Waals surface area contributed by atoms with Gasteiger partial charge in [-0.15, -0.1) is 11.3 Å². The maximum absolute atomic E-state index is 12.5. The molecule has 0 bridgehead atoms. The lowest BCUT2D eigenvalue weighted by Gasteiger charge is -2.38. The second-order valence-corrected chi connectivity index (χ2v) is 8.18. The maximum Gasteiger partial charge on any atom is 0.237 e. The van der Waals surface area contributed by atoms with Crippen molar-refractivity contribution in [2.75, 3.05) is 13.1 Å². The molecule has 1 aliphatic carbocycles. The number of benzene rings is 1. The molecule has 1 aromatic heterocycles. The Balaban J connectivity index is 1.40. The van der Waals surface area contributed by atoms with Crippen LogP contribution in [-0.4, -0.2) is 46.9 Å². The zero-order valence-electron chi connectivity index (χ0n) is 15.4. The van der Waals surface area contributed by atoms with Crippen molar-refractivity contribution in [1.29, 1.82) is 0 Å². The number of rotatable bonds is 5. The summed E-state index contributed by atoms with van der Waals surface area (Å²) in [6.45, 7) is 3.78. The van der Waals surface area contributed by atoms with Crippen molar-refractivity contribution in [3.05, 3.63) is 51.5 Å². The minimum Gasteiger partial charge on any atom is -0.353 e. The minimum atomic E-state index is -0.406. The lowest BCUT2D eigenvalue weighted by Crippen LogP contribution is -2.59. The molecule has 2 heterocycles. The molecular formula is C20H24N4O2S. The number of aromatic nitrogens is 1. The maximum atomic E-state index is 12.5. The van der Waals surface area contributed by atoms with E-state index in [0.29, 0.717) is 13.1 Å². The van der Waals surface area contributed by atoms with Gasteiger partial charge < -0.3 is 10.6 Å². The minimum absolute atomic E-state index is 0.0440. The zero-order chi connectivity index (χ0) is 18.8. The van der Waals surface area contributed by atoms with Gasteiger partial charge in [-0.1, -0.05) is 24.3 Å². The highest BCUT2D eigenvalue weighted by Gasteiger charge is 2.38. The van der Waals surface area contributed by atoms with Gasteiger partial charge in [-0.05, 0) is 30.9 Å². The Bertz CT molecular complexity index is 825. The van der Waals surface area contributed by atoms with Crippen LogP contribution in [0.4, 0.5) is 0 Å². The first kappa shape index (κ1) is 18.1. The number of fused-ring (bicyclic) bond motifs is 1. The van der Waals surface area contributed by atoms with E-state index >= 15 is 0 Å². The number of hydrogen-bond donors (Lipinski definition) is 2. The molecule has 1 saturated heterocycles. The van der Waals surface area contributed by atoms with Crippen LogP contribution >= 0.6 is 11.3 Å². The number of carbonyl (C=O) groups is 2. The third-order valence-corrected chi connectivity index (χ3v) is 6.32. The molecule has 1 aromatic carbocycles. The van der Waals surface area contributed by atoms with Crippen LogP contribution < -0.4 is 10.6 Å². The summed E-state index contributed by atoms with van der Waals surface area (Å²) in [6.07, 6.45) is 2.07. The van der Waals surface area contributed by atoms with E-state index in [-0.39, 0.29) is 24.3 Å². The van der Waals surface area contributed by atoms with Crippen molar-refractivity contribution in [1.82, 2.24) is 20.5 Å². The number of piperazine rings is 1. The fraction of sp³-hybridized carbons (Fsp3) is 0.450. The SMILES string of the molecule is Cc1csc(CNC(=O)CC2C(=O)NCCN2C2Cc3ccccc3C2)n1. The van der Waals surface area contributed by atoms with Gasteiger partial charge in [0.15, 0.2) is 0 Å². The Labute approximate surface area is 163 Å². The summed E-state index contributed by atoms with van der Waals surface area (Å²) < 4.78 is 0. The smallest absolute Gasteiger partial charge is 0.237 e. The summed E-state index contributed by atoms with van der Waals surface area (Å²) in [4.78, 5) is 31.6. The van der Waals surface area contributed by atoms with Gasteiger partial charge in [-0.25, -0.2) is 4.98 Å². The summed E-state index contributed by atoms with van der Waals surface area (Å²) in [6, 6.07) is 8.34. The van der Waals surface area contributed by atoms with Crippen LogP contribution in [0.3, 0.4) is 0 Å². The van der Waals surface area contributed by atoms with E-state index in [0.717, 1.165) is 30.1 Å². The predicted octanol–water partition coefficient (Wildman–Crippen LogP) is 1.43. The van der Waals surface area contributed by atoms with Crippen molar-refractivity contribution >= 4 is 23.2 Å². The van der Waals surface area contributed by atoms with Gasteiger partial charge in [0, 0.05) is 30.2 Å². The summed E-state index contributed by atoms with van der Waals surface area (Å²) in [5, 5.41) is 8.68. The molecule has 2 amide bonds. The molecule has 1 aliphatic heterocycles. The average molecular weight is 385 g/mol. The molecule has 1 atom stereocenters. The highest BCUT2D eigenvalue weighted by Crippen LogP contribution is 2.28. The fourth-order valence-corrected chi connectivity index (χ4v) is 4.77. The van der Waals surface area contributed by atoms with E-state index in [1.165, 1.54) is 22.5 Å². The number of amides is 2. The van der Waals surface area contributed by atoms with Crippen molar-refractivity contribution < 1.29 is 9.59 Å². The number of aryl methyl sites for hydroxylation is 1. The van der Waals surface area contributed by atoms with Gasteiger partial charge in [0.05, 0.1) is 19.0 Å². The molecule has 0 saturated carbocycles. The molecule has 2 aromatic rings. The van der Waals surface area contributed by atoms with Crippen LogP contribution in [0.5, 0.6) is 0 Å². The van der Waals surface area contributed by atoms with Gasteiger partial charge in [0.1, 0.15) is 5.01 Å². The molecule has 4 rings (SSSR count). The van der Waals surface area contributed by atoms with Crippen molar-refractivity contribution in [3.63, 3.8) is 0 Å². The Kier molecular flexibility index (Phi) is 5.22. The highest BCUT2D eigenvalue weighted by molar-refractivity contribution is 7.09. The Morgan fingerprint density at radius 1 is 1.33 bits per heavy atom. The van der Waals surface area contributed by atoms with Crippen LogP contribution in [0.25, 0.3) is 0 Å². The van der Waals surface area contributed by atoms with Crippen molar-refractivity contribution in [3.8, 4) is 0 Å². The second kappa shape index (κ2) is 7.78. The Morgan fingerprint density at radius 3 is 2.74 bits per heavy atom. The normalized spacial score (nSPS) is 20.3. The van der Waals surface area contributed by atoms with Crippen LogP contribution in [0, 0.1) is 6.92 Å². The van der Waals surface area contributed by atoms with Gasteiger partial charge in [0.25, 0.3) is 0 Å². The third kappa shape index (κ3) is 4.04. The molecule has 2 N–H and O–H groups in total. The van der Waals surface area contributed by atoms with E-state index in [9.17, 15) is 9.59 Å². The molecule has 7 heteroatoms. The standard InChI is InChI=1S/C20H24N4O2S/c1-13-12-27-19(23-13)11-22-18(25)10-17-20(26)21-6-7-24(17)16-8-14-4-2-3-5-15(14)9-16/h2-5,12,16-17H,6-11H2,1H3,(H,21,26)(H,22,25). The molecule has 1 unspecified atom stereocenters. The van der Waals surface area contributed by atoms with E-state index in [1.54, 1.807) is 0 Å². The highest BCUT2D eigenvalue weighted by atomic mass is 32.1. The van der Waals surface area contributed by atoms with E-state index in [1.807, 2.05) is 12.3 Å². The van der Waals surface area contributed by atoms with Crippen molar-refractivity contribution in [2.45, 2.75) is 44.8 Å². The quantitative estimate of drug-likeness (QED) is 0.818. The summed E-state index contributed by atoms with van der Waals surface area (Å²) in [5.74, 6) is -0.150. The molecule has 1 fully saturated rings. The number of carbonyl (C=O) groups excluding carboxylic acids is 2. The summed E-state index contributed by atoms with van der Waals surface area (Å²) in [7, 11) is 0. The number of hydrogen-bond acceptors (Lipinski definition) is 5. The van der Waals surface area contributed by atoms with Gasteiger partial charge >= 0.3 is 0 Å². The Hall–Kier alpha value is -2.25. The number of nitrogens with zero attached hydrogens (tertiary/aromatic N) is 2. The van der Waals surface area contributed by atoms with Gasteiger partial charge in [-0.2, -0.15) is 0 Å². The number of nitrogens with one attached hydrogen (secondary N) is 2.